The maximum Gasteiger partial charge on any atom is 0.353 e. The zero-order chi connectivity index (χ0) is 14.7. The van der Waals surface area contributed by atoms with Crippen molar-refractivity contribution >= 4 is 11.9 Å². The number of ether oxygens (including phenoxy) is 1. The second kappa shape index (κ2) is 6.04. The van der Waals surface area contributed by atoms with E-state index in [9.17, 15) is 9.59 Å². The molecule has 1 amide bonds. The van der Waals surface area contributed by atoms with E-state index in [1.807, 2.05) is 13.8 Å². The molecule has 7 nitrogen and oxygen atoms in total. The summed E-state index contributed by atoms with van der Waals surface area (Å²) < 4.78 is 5.72. The summed E-state index contributed by atoms with van der Waals surface area (Å²) in [4.78, 5) is 24.6. The van der Waals surface area contributed by atoms with Crippen molar-refractivity contribution in [3.8, 4) is 0 Å². The molecule has 0 saturated carbocycles. The highest BCUT2D eigenvalue weighted by atomic mass is 16.5. The van der Waals surface area contributed by atoms with E-state index in [4.69, 9.17) is 9.84 Å². The molecule has 2 heterocycles. The van der Waals surface area contributed by atoms with E-state index in [0.717, 1.165) is 12.8 Å². The average Bonchev–Trinajstić information content (AvgIpc) is 2.88. The number of hydrogen-bond acceptors (Lipinski definition) is 4. The Hall–Kier alpha value is -1.89. The summed E-state index contributed by atoms with van der Waals surface area (Å²) in [5.41, 5.74) is 0.0667. The molecule has 1 aromatic rings. The molecule has 20 heavy (non-hydrogen) atoms. The standard InChI is InChI=1S/C13H19N3O4/c1-8(2)20-9-3-5-16(6-4-9)12(17)10-7-11(13(18)19)15-14-10/h7-9H,3-6H2,1-2H3,(H,14,15)(H,18,19). The Kier molecular flexibility index (Phi) is 4.39. The summed E-state index contributed by atoms with van der Waals surface area (Å²) >= 11 is 0. The van der Waals surface area contributed by atoms with Crippen LogP contribution in [0.3, 0.4) is 0 Å². The lowest BCUT2D eigenvalue weighted by molar-refractivity contribution is -0.0237. The van der Waals surface area contributed by atoms with E-state index in [2.05, 4.69) is 10.2 Å². The van der Waals surface area contributed by atoms with Gasteiger partial charge in [0.2, 0.25) is 0 Å². The zero-order valence-corrected chi connectivity index (χ0v) is 11.6. The van der Waals surface area contributed by atoms with Crippen LogP contribution in [0.5, 0.6) is 0 Å². The summed E-state index contributed by atoms with van der Waals surface area (Å²) in [6.07, 6.45) is 1.96. The number of H-pyrrole nitrogens is 1. The molecular weight excluding hydrogens is 262 g/mol. The molecule has 1 aliphatic heterocycles. The second-order valence-corrected chi connectivity index (χ2v) is 5.15. The summed E-state index contributed by atoms with van der Waals surface area (Å²) in [7, 11) is 0. The number of likely N-dealkylation sites (tertiary alicyclic amines) is 1. The molecule has 110 valence electrons. The fourth-order valence-corrected chi connectivity index (χ4v) is 2.28. The van der Waals surface area contributed by atoms with Gasteiger partial charge in [-0.05, 0) is 26.7 Å². The van der Waals surface area contributed by atoms with Gasteiger partial charge in [-0.2, -0.15) is 5.10 Å². The van der Waals surface area contributed by atoms with Crippen LogP contribution in [0.2, 0.25) is 0 Å². The first-order chi connectivity index (χ1) is 9.47. The number of aromatic nitrogens is 2. The molecule has 7 heteroatoms. The van der Waals surface area contributed by atoms with Crippen LogP contribution in [0.15, 0.2) is 6.07 Å². The molecule has 2 rings (SSSR count). The Balaban J connectivity index is 1.92. The van der Waals surface area contributed by atoms with Crippen molar-refractivity contribution in [1.82, 2.24) is 15.1 Å². The van der Waals surface area contributed by atoms with Crippen molar-refractivity contribution in [3.63, 3.8) is 0 Å². The van der Waals surface area contributed by atoms with Gasteiger partial charge in [-0.3, -0.25) is 9.89 Å². The van der Waals surface area contributed by atoms with Gasteiger partial charge in [0.05, 0.1) is 12.2 Å². The number of aromatic amines is 1. The SMILES string of the molecule is CC(C)OC1CCN(C(=O)c2cc(C(=O)O)[nH]n2)CC1. The normalized spacial score (nSPS) is 16.6. The molecule has 0 atom stereocenters. The number of carboxylic acids is 1. The van der Waals surface area contributed by atoms with E-state index < -0.39 is 5.97 Å². The van der Waals surface area contributed by atoms with E-state index in [1.54, 1.807) is 4.90 Å². The monoisotopic (exact) mass is 281 g/mol. The lowest BCUT2D eigenvalue weighted by Gasteiger charge is -2.32. The van der Waals surface area contributed by atoms with Crippen molar-refractivity contribution < 1.29 is 19.4 Å². The highest BCUT2D eigenvalue weighted by Crippen LogP contribution is 2.17. The van der Waals surface area contributed by atoms with E-state index in [-0.39, 0.29) is 29.5 Å². The number of nitrogens with one attached hydrogen (secondary N) is 1. The van der Waals surface area contributed by atoms with Crippen LogP contribution in [0.1, 0.15) is 47.7 Å². The van der Waals surface area contributed by atoms with Gasteiger partial charge in [0.15, 0.2) is 5.69 Å². The Bertz CT molecular complexity index is 490. The summed E-state index contributed by atoms with van der Waals surface area (Å²) in [6, 6.07) is 1.27. The molecule has 1 fully saturated rings. The number of hydrogen-bond donors (Lipinski definition) is 2. The molecule has 0 spiro atoms. The molecule has 0 unspecified atom stereocenters. The molecule has 1 aliphatic rings. The lowest BCUT2D eigenvalue weighted by atomic mass is 10.1. The van der Waals surface area contributed by atoms with Gasteiger partial charge in [-0.25, -0.2) is 4.79 Å². The first-order valence-electron chi connectivity index (χ1n) is 6.71. The second-order valence-electron chi connectivity index (χ2n) is 5.15. The maximum atomic E-state index is 12.2. The summed E-state index contributed by atoms with van der Waals surface area (Å²) in [6.45, 7) is 5.19. The fourth-order valence-electron chi connectivity index (χ4n) is 2.28. The van der Waals surface area contributed by atoms with Crippen LogP contribution in [0, 0.1) is 0 Å². The van der Waals surface area contributed by atoms with Crippen molar-refractivity contribution in [2.75, 3.05) is 13.1 Å². The molecule has 0 bridgehead atoms. The molecular formula is C13H19N3O4. The van der Waals surface area contributed by atoms with Crippen molar-refractivity contribution in [1.29, 1.82) is 0 Å². The predicted molar refractivity (Wildman–Crippen MR) is 70.7 cm³/mol. The highest BCUT2D eigenvalue weighted by molar-refractivity contribution is 5.95. The fraction of sp³-hybridized carbons (Fsp3) is 0.615. The zero-order valence-electron chi connectivity index (χ0n) is 11.6. The molecule has 1 aromatic heterocycles. The number of carbonyl (C=O) groups excluding carboxylic acids is 1. The van der Waals surface area contributed by atoms with E-state index >= 15 is 0 Å². The predicted octanol–water partition coefficient (Wildman–Crippen LogP) is 1.14. The summed E-state index contributed by atoms with van der Waals surface area (Å²) in [5, 5.41) is 14.9. The average molecular weight is 281 g/mol. The molecule has 1 saturated heterocycles. The van der Waals surface area contributed by atoms with Crippen LogP contribution >= 0.6 is 0 Å². The molecule has 0 aromatic carbocycles. The van der Waals surface area contributed by atoms with Crippen molar-refractivity contribution in [2.45, 2.75) is 38.9 Å². The third-order valence-electron chi connectivity index (χ3n) is 3.22. The van der Waals surface area contributed by atoms with Crippen LogP contribution in [-0.4, -0.2) is 57.4 Å². The molecule has 0 aliphatic carbocycles. The van der Waals surface area contributed by atoms with E-state index in [0.29, 0.717) is 13.1 Å². The Labute approximate surface area is 116 Å². The van der Waals surface area contributed by atoms with Gasteiger partial charge in [-0.15, -0.1) is 0 Å². The third kappa shape index (κ3) is 3.36. The van der Waals surface area contributed by atoms with Gasteiger partial charge < -0.3 is 14.7 Å². The van der Waals surface area contributed by atoms with Gasteiger partial charge in [0.1, 0.15) is 5.69 Å². The number of rotatable bonds is 4. The topological polar surface area (TPSA) is 95.5 Å². The quantitative estimate of drug-likeness (QED) is 0.862. The molecule has 2 N–H and O–H groups in total. The van der Waals surface area contributed by atoms with Gasteiger partial charge >= 0.3 is 5.97 Å². The minimum absolute atomic E-state index is 0.0774. The van der Waals surface area contributed by atoms with Crippen molar-refractivity contribution in [2.24, 2.45) is 0 Å². The van der Waals surface area contributed by atoms with Crippen LogP contribution < -0.4 is 0 Å². The number of carboxylic acid groups (broad SMARTS) is 1. The lowest BCUT2D eigenvalue weighted by Crippen LogP contribution is -2.41. The first-order valence-corrected chi connectivity index (χ1v) is 6.71. The minimum atomic E-state index is -1.12. The van der Waals surface area contributed by atoms with Crippen LogP contribution in [-0.2, 0) is 4.74 Å². The van der Waals surface area contributed by atoms with Crippen LogP contribution in [0.4, 0.5) is 0 Å². The number of nitrogens with zero attached hydrogens (tertiary/aromatic N) is 2. The van der Waals surface area contributed by atoms with Gasteiger partial charge in [-0.1, -0.05) is 0 Å². The Morgan fingerprint density at radius 1 is 1.45 bits per heavy atom. The number of amides is 1. The Morgan fingerprint density at radius 3 is 2.60 bits per heavy atom. The van der Waals surface area contributed by atoms with Crippen molar-refractivity contribution in [3.05, 3.63) is 17.5 Å². The van der Waals surface area contributed by atoms with Crippen LogP contribution in [0.25, 0.3) is 0 Å². The highest BCUT2D eigenvalue weighted by Gasteiger charge is 2.26. The first kappa shape index (κ1) is 14.5. The number of piperidine rings is 1. The third-order valence-corrected chi connectivity index (χ3v) is 3.22. The number of aromatic carboxylic acids is 1. The van der Waals surface area contributed by atoms with E-state index in [1.165, 1.54) is 6.07 Å². The number of carbonyl (C=O) groups is 2. The Morgan fingerprint density at radius 2 is 2.10 bits per heavy atom. The van der Waals surface area contributed by atoms with Gasteiger partial charge in [0.25, 0.3) is 5.91 Å². The molecule has 0 radical (unpaired) electrons. The maximum absolute atomic E-state index is 12.2. The van der Waals surface area contributed by atoms with Gasteiger partial charge in [0, 0.05) is 19.2 Å². The largest absolute Gasteiger partial charge is 0.477 e. The minimum Gasteiger partial charge on any atom is -0.477 e. The smallest absolute Gasteiger partial charge is 0.353 e. The summed E-state index contributed by atoms with van der Waals surface area (Å²) in [5.74, 6) is -1.36.